The third-order valence-electron chi connectivity index (χ3n) is 2.33. The molecule has 0 saturated heterocycles. The molecule has 16 heavy (non-hydrogen) atoms. The van der Waals surface area contributed by atoms with Crippen molar-refractivity contribution < 1.29 is 4.42 Å². The number of aromatic nitrogens is 2. The molecule has 0 fully saturated rings. The lowest BCUT2D eigenvalue weighted by Gasteiger charge is -1.95. The van der Waals surface area contributed by atoms with Crippen molar-refractivity contribution in [2.45, 2.75) is 6.92 Å². The van der Waals surface area contributed by atoms with Crippen LogP contribution in [0.5, 0.6) is 0 Å². The van der Waals surface area contributed by atoms with Crippen LogP contribution in [0, 0.1) is 6.92 Å². The van der Waals surface area contributed by atoms with Crippen molar-refractivity contribution in [3.8, 4) is 11.3 Å². The average Bonchev–Trinajstić information content (AvgIpc) is 2.81. The van der Waals surface area contributed by atoms with Gasteiger partial charge in [-0.25, -0.2) is 4.98 Å². The zero-order valence-corrected chi connectivity index (χ0v) is 9.30. The van der Waals surface area contributed by atoms with Gasteiger partial charge >= 0.3 is 4.87 Å². The summed E-state index contributed by atoms with van der Waals surface area (Å²) in [4.78, 5) is 18.0. The lowest BCUT2D eigenvalue weighted by atomic mass is 10.1. The molecule has 0 spiro atoms. The molecule has 0 unspecified atom stereocenters. The molecule has 0 saturated carbocycles. The Morgan fingerprint density at radius 3 is 3.06 bits per heavy atom. The molecule has 4 nitrogen and oxygen atoms in total. The third-order valence-corrected chi connectivity index (χ3v) is 3.00. The molecule has 1 aromatic carbocycles. The van der Waals surface area contributed by atoms with Gasteiger partial charge in [0.2, 0.25) is 0 Å². The molecule has 0 amide bonds. The maximum atomic E-state index is 11.1. The van der Waals surface area contributed by atoms with Gasteiger partial charge < -0.3 is 9.40 Å². The number of hydrogen-bond donors (Lipinski definition) is 1. The zero-order chi connectivity index (χ0) is 11.1. The van der Waals surface area contributed by atoms with Gasteiger partial charge in [0.05, 0.1) is 5.69 Å². The van der Waals surface area contributed by atoms with Gasteiger partial charge in [-0.2, -0.15) is 0 Å². The quantitative estimate of drug-likeness (QED) is 0.701. The van der Waals surface area contributed by atoms with E-state index >= 15 is 0 Å². The van der Waals surface area contributed by atoms with Crippen molar-refractivity contribution >= 4 is 22.4 Å². The van der Waals surface area contributed by atoms with E-state index in [9.17, 15) is 4.79 Å². The summed E-state index contributed by atoms with van der Waals surface area (Å²) >= 11 is 1.15. The molecule has 2 aromatic heterocycles. The molecule has 0 bridgehead atoms. The summed E-state index contributed by atoms with van der Waals surface area (Å²) in [5.74, 6) is 0.644. The maximum Gasteiger partial charge on any atom is 0.304 e. The van der Waals surface area contributed by atoms with E-state index in [2.05, 4.69) is 9.97 Å². The van der Waals surface area contributed by atoms with E-state index in [0.717, 1.165) is 33.7 Å². The zero-order valence-electron chi connectivity index (χ0n) is 8.48. The first-order valence-electron chi connectivity index (χ1n) is 4.78. The van der Waals surface area contributed by atoms with Crippen molar-refractivity contribution in [1.29, 1.82) is 0 Å². The fourth-order valence-corrected chi connectivity index (χ4v) is 2.22. The van der Waals surface area contributed by atoms with E-state index in [-0.39, 0.29) is 4.87 Å². The first-order valence-corrected chi connectivity index (χ1v) is 5.66. The molecule has 0 aliphatic carbocycles. The standard InChI is InChI=1S/C11H8N2O2S/c1-6-12-8-4-7(2-3-10(8)15-6)9-5-16-11(14)13-9/h2-5H,1H3,(H,13,14). The Kier molecular flexibility index (Phi) is 1.94. The monoisotopic (exact) mass is 232 g/mol. The van der Waals surface area contributed by atoms with Crippen LogP contribution in [0.1, 0.15) is 5.89 Å². The SMILES string of the molecule is Cc1nc2cc(-c3csc(=O)[nH]3)ccc2o1. The number of benzene rings is 1. The summed E-state index contributed by atoms with van der Waals surface area (Å²) in [5, 5.41) is 1.80. The lowest BCUT2D eigenvalue weighted by molar-refractivity contribution is 0.561. The maximum absolute atomic E-state index is 11.1. The number of fused-ring (bicyclic) bond motifs is 1. The highest BCUT2D eigenvalue weighted by Gasteiger charge is 2.05. The van der Waals surface area contributed by atoms with Crippen molar-refractivity contribution in [2.24, 2.45) is 0 Å². The number of nitrogens with one attached hydrogen (secondary N) is 1. The number of hydrogen-bond acceptors (Lipinski definition) is 4. The second kappa shape index (κ2) is 3.31. The van der Waals surface area contributed by atoms with Crippen molar-refractivity contribution in [1.82, 2.24) is 9.97 Å². The van der Waals surface area contributed by atoms with Crippen LogP contribution in [0.25, 0.3) is 22.4 Å². The van der Waals surface area contributed by atoms with E-state index < -0.39 is 0 Å². The highest BCUT2D eigenvalue weighted by Crippen LogP contribution is 2.23. The number of rotatable bonds is 1. The van der Waals surface area contributed by atoms with Crippen LogP contribution in [-0.4, -0.2) is 9.97 Å². The first-order chi connectivity index (χ1) is 7.72. The Morgan fingerprint density at radius 2 is 2.31 bits per heavy atom. The van der Waals surface area contributed by atoms with E-state index in [1.165, 1.54) is 0 Å². The van der Waals surface area contributed by atoms with Gasteiger partial charge in [-0.1, -0.05) is 11.3 Å². The van der Waals surface area contributed by atoms with Crippen LogP contribution in [0.3, 0.4) is 0 Å². The predicted molar refractivity (Wildman–Crippen MR) is 62.7 cm³/mol. The molecular weight excluding hydrogens is 224 g/mol. The molecule has 2 heterocycles. The smallest absolute Gasteiger partial charge is 0.304 e. The van der Waals surface area contributed by atoms with E-state index in [1.807, 2.05) is 25.1 Å². The summed E-state index contributed by atoms with van der Waals surface area (Å²) in [6.07, 6.45) is 0. The van der Waals surface area contributed by atoms with E-state index in [4.69, 9.17) is 4.42 Å². The fourth-order valence-electron chi connectivity index (χ4n) is 1.63. The van der Waals surface area contributed by atoms with Gasteiger partial charge in [-0.05, 0) is 18.2 Å². The number of nitrogens with zero attached hydrogens (tertiary/aromatic N) is 1. The number of oxazole rings is 1. The van der Waals surface area contributed by atoms with Crippen molar-refractivity contribution in [3.63, 3.8) is 0 Å². The highest BCUT2D eigenvalue weighted by atomic mass is 32.1. The Labute approximate surface area is 94.6 Å². The molecule has 0 radical (unpaired) electrons. The first kappa shape index (κ1) is 9.35. The molecule has 5 heteroatoms. The van der Waals surface area contributed by atoms with Crippen LogP contribution in [0.2, 0.25) is 0 Å². The summed E-state index contributed by atoms with van der Waals surface area (Å²) in [6.45, 7) is 1.81. The predicted octanol–water partition coefficient (Wildman–Crippen LogP) is 2.55. The van der Waals surface area contributed by atoms with Gasteiger partial charge in [0, 0.05) is 17.9 Å². The minimum absolute atomic E-state index is 0.0496. The second-order valence-electron chi connectivity index (χ2n) is 3.48. The van der Waals surface area contributed by atoms with Gasteiger partial charge in [0.15, 0.2) is 11.5 Å². The van der Waals surface area contributed by atoms with Crippen LogP contribution in [0.4, 0.5) is 0 Å². The fraction of sp³-hybridized carbons (Fsp3) is 0.0909. The highest BCUT2D eigenvalue weighted by molar-refractivity contribution is 7.07. The topological polar surface area (TPSA) is 58.9 Å². The molecule has 1 N–H and O–H groups in total. The summed E-state index contributed by atoms with van der Waals surface area (Å²) < 4.78 is 5.38. The van der Waals surface area contributed by atoms with Crippen molar-refractivity contribution in [2.75, 3.05) is 0 Å². The average molecular weight is 232 g/mol. The van der Waals surface area contributed by atoms with Gasteiger partial charge in [0.1, 0.15) is 5.52 Å². The van der Waals surface area contributed by atoms with E-state index in [0.29, 0.717) is 5.89 Å². The summed E-state index contributed by atoms with van der Waals surface area (Å²) in [5.41, 5.74) is 3.33. The molecule has 3 rings (SSSR count). The van der Waals surface area contributed by atoms with Crippen LogP contribution in [-0.2, 0) is 0 Å². The Hall–Kier alpha value is -1.88. The molecule has 80 valence electrons. The van der Waals surface area contributed by atoms with Crippen LogP contribution >= 0.6 is 11.3 Å². The Balaban J connectivity index is 2.21. The van der Waals surface area contributed by atoms with Gasteiger partial charge in [-0.3, -0.25) is 4.79 Å². The lowest BCUT2D eigenvalue weighted by Crippen LogP contribution is -1.92. The molecule has 3 aromatic rings. The second-order valence-corrected chi connectivity index (χ2v) is 4.32. The minimum atomic E-state index is -0.0496. The van der Waals surface area contributed by atoms with Gasteiger partial charge in [-0.15, -0.1) is 0 Å². The molecule has 0 aliphatic rings. The third kappa shape index (κ3) is 1.45. The van der Waals surface area contributed by atoms with Crippen molar-refractivity contribution in [3.05, 3.63) is 39.1 Å². The normalized spacial score (nSPS) is 11.1. The molecule has 0 atom stereocenters. The Morgan fingerprint density at radius 1 is 1.44 bits per heavy atom. The largest absolute Gasteiger partial charge is 0.441 e. The number of aryl methyl sites for hydroxylation is 1. The summed E-state index contributed by atoms with van der Waals surface area (Å²) in [6, 6.07) is 5.68. The van der Waals surface area contributed by atoms with E-state index in [1.54, 1.807) is 5.38 Å². The number of H-pyrrole nitrogens is 1. The van der Waals surface area contributed by atoms with Crippen LogP contribution in [0.15, 0.2) is 32.8 Å². The number of aromatic amines is 1. The van der Waals surface area contributed by atoms with Crippen LogP contribution < -0.4 is 4.87 Å². The number of thiazole rings is 1. The molecular formula is C11H8N2O2S. The molecule has 0 aliphatic heterocycles. The van der Waals surface area contributed by atoms with Gasteiger partial charge in [0.25, 0.3) is 0 Å². The minimum Gasteiger partial charge on any atom is -0.441 e. The Bertz CT molecular complexity index is 708. The summed E-state index contributed by atoms with van der Waals surface area (Å²) in [7, 11) is 0.